The molecule has 1 aliphatic carbocycles. The highest BCUT2D eigenvalue weighted by Crippen LogP contribution is 2.25. The monoisotopic (exact) mass is 278 g/mol. The number of hydrogen-bond acceptors (Lipinski definition) is 6. The highest BCUT2D eigenvalue weighted by molar-refractivity contribution is 7.87. The summed E-state index contributed by atoms with van der Waals surface area (Å²) in [6.45, 7) is 0.214. The second-order valence-electron chi connectivity index (χ2n) is 4.66. The van der Waals surface area contributed by atoms with Gasteiger partial charge >= 0.3 is 6.16 Å². The Hall–Kier alpha value is -0.820. The Morgan fingerprint density at radius 2 is 1.94 bits per heavy atom. The van der Waals surface area contributed by atoms with Crippen molar-refractivity contribution in [1.29, 1.82) is 0 Å². The van der Waals surface area contributed by atoms with Crippen LogP contribution in [-0.4, -0.2) is 39.1 Å². The van der Waals surface area contributed by atoms with Crippen LogP contribution < -0.4 is 0 Å². The molecule has 2 rings (SSSR count). The molecule has 1 heterocycles. The predicted octanol–water partition coefficient (Wildman–Crippen LogP) is 1.59. The van der Waals surface area contributed by atoms with E-state index in [0.29, 0.717) is 19.3 Å². The van der Waals surface area contributed by atoms with Gasteiger partial charge in [-0.25, -0.2) is 4.79 Å². The maximum Gasteiger partial charge on any atom is 0.508 e. The van der Waals surface area contributed by atoms with E-state index in [9.17, 15) is 13.2 Å². The van der Waals surface area contributed by atoms with Crippen LogP contribution >= 0.6 is 0 Å². The van der Waals surface area contributed by atoms with Gasteiger partial charge in [0, 0.05) is 6.42 Å². The van der Waals surface area contributed by atoms with Crippen LogP contribution in [0.1, 0.15) is 38.5 Å². The zero-order valence-corrected chi connectivity index (χ0v) is 11.0. The summed E-state index contributed by atoms with van der Waals surface area (Å²) >= 11 is 0. The maximum absolute atomic E-state index is 11.9. The van der Waals surface area contributed by atoms with E-state index >= 15 is 0 Å². The molecule has 2 aliphatic rings. The standard InChI is InChI=1S/C11H18O6S/c12-11-15-8-9(17-11)6-7-16-18(13,14)10-4-2-1-3-5-10/h9-10H,1-8H2. The summed E-state index contributed by atoms with van der Waals surface area (Å²) in [6.07, 6.45) is 3.62. The topological polar surface area (TPSA) is 78.9 Å². The molecule has 0 N–H and O–H groups in total. The predicted molar refractivity (Wildman–Crippen MR) is 62.6 cm³/mol. The molecule has 1 aliphatic heterocycles. The number of cyclic esters (lactones) is 2. The van der Waals surface area contributed by atoms with Crippen molar-refractivity contribution in [1.82, 2.24) is 0 Å². The van der Waals surface area contributed by atoms with E-state index in [4.69, 9.17) is 8.92 Å². The van der Waals surface area contributed by atoms with E-state index in [2.05, 4.69) is 4.74 Å². The van der Waals surface area contributed by atoms with Crippen LogP contribution in [0, 0.1) is 0 Å². The zero-order chi connectivity index (χ0) is 13.0. The molecule has 1 unspecified atom stereocenters. The molecule has 6 nitrogen and oxygen atoms in total. The highest BCUT2D eigenvalue weighted by atomic mass is 32.2. The Balaban J connectivity index is 1.73. The molecule has 1 atom stereocenters. The van der Waals surface area contributed by atoms with Gasteiger partial charge in [-0.1, -0.05) is 19.3 Å². The van der Waals surface area contributed by atoms with Gasteiger partial charge in [-0.05, 0) is 12.8 Å². The largest absolute Gasteiger partial charge is 0.508 e. The summed E-state index contributed by atoms with van der Waals surface area (Å²) in [5, 5.41) is -0.367. The number of hydrogen-bond donors (Lipinski definition) is 0. The van der Waals surface area contributed by atoms with E-state index in [-0.39, 0.29) is 24.6 Å². The smallest absolute Gasteiger partial charge is 0.430 e. The lowest BCUT2D eigenvalue weighted by molar-refractivity contribution is 0.111. The summed E-state index contributed by atoms with van der Waals surface area (Å²) < 4.78 is 38.1. The molecule has 0 aromatic rings. The molecule has 0 spiro atoms. The molecule has 7 heteroatoms. The lowest BCUT2D eigenvalue weighted by Crippen LogP contribution is -2.27. The van der Waals surface area contributed by atoms with Gasteiger partial charge in [0.15, 0.2) is 0 Å². The normalized spacial score (nSPS) is 25.8. The molecule has 0 bridgehead atoms. The number of carbonyl (C=O) groups excluding carboxylic acids is 1. The molecule has 0 aromatic heterocycles. The molecule has 2 fully saturated rings. The van der Waals surface area contributed by atoms with Gasteiger partial charge in [0.2, 0.25) is 0 Å². The Morgan fingerprint density at radius 1 is 1.22 bits per heavy atom. The van der Waals surface area contributed by atoms with Crippen molar-refractivity contribution in [2.24, 2.45) is 0 Å². The molecule has 18 heavy (non-hydrogen) atoms. The molecule has 0 aromatic carbocycles. The Kier molecular flexibility index (Phi) is 4.45. The minimum absolute atomic E-state index is 0.0418. The van der Waals surface area contributed by atoms with Gasteiger partial charge in [-0.2, -0.15) is 8.42 Å². The Bertz CT molecular complexity index is 384. The first-order valence-corrected chi connectivity index (χ1v) is 7.77. The van der Waals surface area contributed by atoms with Crippen molar-refractivity contribution in [2.45, 2.75) is 49.9 Å². The van der Waals surface area contributed by atoms with Gasteiger partial charge < -0.3 is 9.47 Å². The second kappa shape index (κ2) is 5.88. The van der Waals surface area contributed by atoms with E-state index in [1.165, 1.54) is 0 Å². The van der Waals surface area contributed by atoms with Crippen molar-refractivity contribution in [2.75, 3.05) is 13.2 Å². The van der Waals surface area contributed by atoms with E-state index in [0.717, 1.165) is 19.3 Å². The lowest BCUT2D eigenvalue weighted by atomic mass is 10.0. The van der Waals surface area contributed by atoms with Crippen molar-refractivity contribution >= 4 is 16.3 Å². The van der Waals surface area contributed by atoms with Crippen LogP contribution in [0.5, 0.6) is 0 Å². The fourth-order valence-electron chi connectivity index (χ4n) is 2.25. The van der Waals surface area contributed by atoms with Crippen LogP contribution in [0.2, 0.25) is 0 Å². The molecular formula is C11H18O6S. The summed E-state index contributed by atoms with van der Waals surface area (Å²) in [6, 6.07) is 0. The highest BCUT2D eigenvalue weighted by Gasteiger charge is 2.29. The number of rotatable bonds is 5. The van der Waals surface area contributed by atoms with E-state index in [1.54, 1.807) is 0 Å². The van der Waals surface area contributed by atoms with Gasteiger partial charge in [0.1, 0.15) is 12.7 Å². The molecule has 1 saturated carbocycles. The second-order valence-corrected chi connectivity index (χ2v) is 6.55. The first kappa shape index (κ1) is 13.6. The van der Waals surface area contributed by atoms with Crippen molar-refractivity contribution in [3.05, 3.63) is 0 Å². The first-order valence-electron chi connectivity index (χ1n) is 6.29. The third-order valence-corrected chi connectivity index (χ3v) is 5.08. The summed E-state index contributed by atoms with van der Waals surface area (Å²) in [7, 11) is -3.47. The Morgan fingerprint density at radius 3 is 2.56 bits per heavy atom. The quantitative estimate of drug-likeness (QED) is 0.561. The van der Waals surface area contributed by atoms with Gasteiger partial charge in [-0.15, -0.1) is 0 Å². The summed E-state index contributed by atoms with van der Waals surface area (Å²) in [4.78, 5) is 10.7. The molecular weight excluding hydrogens is 260 g/mol. The van der Waals surface area contributed by atoms with Crippen molar-refractivity contribution in [3.8, 4) is 0 Å². The fraction of sp³-hybridized carbons (Fsp3) is 0.909. The minimum atomic E-state index is -3.47. The van der Waals surface area contributed by atoms with Crippen LogP contribution in [-0.2, 0) is 23.8 Å². The van der Waals surface area contributed by atoms with E-state index < -0.39 is 16.3 Å². The summed E-state index contributed by atoms with van der Waals surface area (Å²) in [5.74, 6) is 0. The lowest BCUT2D eigenvalue weighted by Gasteiger charge is -2.21. The van der Waals surface area contributed by atoms with Crippen LogP contribution in [0.25, 0.3) is 0 Å². The minimum Gasteiger partial charge on any atom is -0.430 e. The zero-order valence-electron chi connectivity index (χ0n) is 10.2. The third kappa shape index (κ3) is 3.58. The van der Waals surface area contributed by atoms with E-state index in [1.807, 2.05) is 0 Å². The molecule has 0 amide bonds. The number of carbonyl (C=O) groups is 1. The fourth-order valence-corrected chi connectivity index (χ4v) is 3.68. The molecule has 1 saturated heterocycles. The first-order chi connectivity index (χ1) is 8.58. The van der Waals surface area contributed by atoms with Gasteiger partial charge in [0.05, 0.1) is 11.9 Å². The van der Waals surface area contributed by atoms with Crippen molar-refractivity contribution in [3.63, 3.8) is 0 Å². The average molecular weight is 278 g/mol. The maximum atomic E-state index is 11.9. The Labute approximate surface area is 107 Å². The van der Waals surface area contributed by atoms with Crippen LogP contribution in [0.4, 0.5) is 4.79 Å². The third-order valence-electron chi connectivity index (χ3n) is 3.30. The van der Waals surface area contributed by atoms with Crippen LogP contribution in [0.15, 0.2) is 0 Å². The summed E-state index contributed by atoms with van der Waals surface area (Å²) in [5.41, 5.74) is 0. The molecule has 0 radical (unpaired) electrons. The van der Waals surface area contributed by atoms with Gasteiger partial charge in [0.25, 0.3) is 10.1 Å². The number of ether oxygens (including phenoxy) is 2. The SMILES string of the molecule is O=C1OCC(CCOS(=O)(=O)C2CCCCC2)O1. The van der Waals surface area contributed by atoms with Gasteiger partial charge in [-0.3, -0.25) is 4.18 Å². The van der Waals surface area contributed by atoms with Crippen molar-refractivity contribution < 1.29 is 26.9 Å². The average Bonchev–Trinajstić information content (AvgIpc) is 2.76. The molecule has 104 valence electrons. The van der Waals surface area contributed by atoms with Crippen LogP contribution in [0.3, 0.4) is 0 Å².